The molecule has 3 aromatic rings. The minimum absolute atomic E-state index is 0.0981. The van der Waals surface area contributed by atoms with Gasteiger partial charge >= 0.3 is 0 Å². The fraction of sp³-hybridized carbons (Fsp3) is 0.357. The molecule has 9 heteroatoms. The van der Waals surface area contributed by atoms with Gasteiger partial charge in [-0.25, -0.2) is 0 Å². The number of amides is 2. The Kier molecular flexibility index (Phi) is 10.9. The second-order valence-electron chi connectivity index (χ2n) is 9.23. The number of nitrogens with zero attached hydrogens (tertiary/aromatic N) is 3. The zero-order valence-electron chi connectivity index (χ0n) is 21.3. The SMILES string of the molecule is COCCN(CC(=O)N(Cc1cccn1Cc1ccccc1Cl)CC(C)C)C(=O)c1ccc(Cl)cc1Cl. The van der Waals surface area contributed by atoms with Crippen LogP contribution in [0.4, 0.5) is 0 Å². The molecule has 6 nitrogen and oxygen atoms in total. The van der Waals surface area contributed by atoms with Gasteiger partial charge in [-0.05, 0) is 47.9 Å². The standard InChI is InChI=1S/C28H32Cl3N3O3/c1-20(2)16-34(18-23-8-6-12-32(23)17-21-7-4-5-9-25(21)30)27(35)19-33(13-14-37-3)28(36)24-11-10-22(29)15-26(24)31/h4-12,15,20H,13-14,16-19H2,1-3H3. The molecule has 1 aromatic heterocycles. The molecule has 0 saturated carbocycles. The van der Waals surface area contributed by atoms with Crippen molar-refractivity contribution in [3.63, 3.8) is 0 Å². The molecule has 0 fully saturated rings. The van der Waals surface area contributed by atoms with Gasteiger partial charge in [0.1, 0.15) is 6.54 Å². The molecule has 0 aliphatic heterocycles. The smallest absolute Gasteiger partial charge is 0.255 e. The first-order valence-corrected chi connectivity index (χ1v) is 13.2. The van der Waals surface area contributed by atoms with Crippen molar-refractivity contribution in [1.29, 1.82) is 0 Å². The minimum Gasteiger partial charge on any atom is -0.383 e. The topological polar surface area (TPSA) is 54.8 Å². The first kappa shape index (κ1) is 29.1. The molecule has 2 aromatic carbocycles. The second-order valence-corrected chi connectivity index (χ2v) is 10.5. The van der Waals surface area contributed by atoms with E-state index in [1.165, 1.54) is 11.0 Å². The lowest BCUT2D eigenvalue weighted by molar-refractivity contribution is -0.133. The average molecular weight is 565 g/mol. The highest BCUT2D eigenvalue weighted by atomic mass is 35.5. The van der Waals surface area contributed by atoms with E-state index in [-0.39, 0.29) is 42.5 Å². The van der Waals surface area contributed by atoms with Crippen molar-refractivity contribution in [2.24, 2.45) is 5.92 Å². The number of aromatic nitrogens is 1. The highest BCUT2D eigenvalue weighted by Crippen LogP contribution is 2.23. The van der Waals surface area contributed by atoms with Crippen LogP contribution in [0.1, 0.15) is 35.5 Å². The van der Waals surface area contributed by atoms with Crippen LogP contribution in [0.5, 0.6) is 0 Å². The molecule has 0 N–H and O–H groups in total. The fourth-order valence-corrected chi connectivity index (χ4v) is 4.68. The number of methoxy groups -OCH3 is 1. The predicted octanol–water partition coefficient (Wildman–Crippen LogP) is 6.27. The van der Waals surface area contributed by atoms with Crippen LogP contribution < -0.4 is 0 Å². The molecular formula is C28H32Cl3N3O3. The van der Waals surface area contributed by atoms with E-state index in [1.807, 2.05) is 42.6 Å². The molecule has 0 radical (unpaired) electrons. The predicted molar refractivity (Wildman–Crippen MR) is 149 cm³/mol. The van der Waals surface area contributed by atoms with Crippen molar-refractivity contribution in [2.75, 3.05) is 33.4 Å². The summed E-state index contributed by atoms with van der Waals surface area (Å²) in [5, 5.41) is 1.37. The van der Waals surface area contributed by atoms with E-state index >= 15 is 0 Å². The lowest BCUT2D eigenvalue weighted by Crippen LogP contribution is -2.45. The maximum atomic E-state index is 13.6. The Hall–Kier alpha value is -2.51. The van der Waals surface area contributed by atoms with Crippen LogP contribution in [0.2, 0.25) is 15.1 Å². The Morgan fingerprint density at radius 3 is 2.41 bits per heavy atom. The molecular weight excluding hydrogens is 533 g/mol. The van der Waals surface area contributed by atoms with Gasteiger partial charge in [-0.1, -0.05) is 66.8 Å². The highest BCUT2D eigenvalue weighted by molar-refractivity contribution is 6.36. The summed E-state index contributed by atoms with van der Waals surface area (Å²) in [5.74, 6) is -0.267. The second kappa shape index (κ2) is 13.9. The molecule has 0 spiro atoms. The number of hydrogen-bond acceptors (Lipinski definition) is 3. The van der Waals surface area contributed by atoms with Crippen LogP contribution in [-0.4, -0.2) is 59.5 Å². The van der Waals surface area contributed by atoms with Gasteiger partial charge in [0.05, 0.1) is 23.7 Å². The van der Waals surface area contributed by atoms with E-state index < -0.39 is 0 Å². The summed E-state index contributed by atoms with van der Waals surface area (Å²) in [5.41, 5.74) is 2.27. The maximum Gasteiger partial charge on any atom is 0.255 e. The number of benzene rings is 2. The molecule has 1 heterocycles. The summed E-state index contributed by atoms with van der Waals surface area (Å²) in [7, 11) is 1.55. The van der Waals surface area contributed by atoms with Crippen molar-refractivity contribution < 1.29 is 14.3 Å². The third-order valence-electron chi connectivity index (χ3n) is 5.85. The summed E-state index contributed by atoms with van der Waals surface area (Å²) >= 11 is 18.7. The molecule has 3 rings (SSSR count). The van der Waals surface area contributed by atoms with Crippen LogP contribution in [0.25, 0.3) is 0 Å². The van der Waals surface area contributed by atoms with Gasteiger partial charge in [-0.2, -0.15) is 0 Å². The molecule has 37 heavy (non-hydrogen) atoms. The van der Waals surface area contributed by atoms with Gasteiger partial charge in [0.25, 0.3) is 5.91 Å². The number of rotatable bonds is 12. The first-order valence-electron chi connectivity index (χ1n) is 12.1. The number of hydrogen-bond donors (Lipinski definition) is 0. The quantitative estimate of drug-likeness (QED) is 0.261. The molecule has 0 saturated heterocycles. The lowest BCUT2D eigenvalue weighted by Gasteiger charge is -2.29. The van der Waals surface area contributed by atoms with Crippen LogP contribution in [0.15, 0.2) is 60.8 Å². The van der Waals surface area contributed by atoms with Gasteiger partial charge in [-0.15, -0.1) is 0 Å². The van der Waals surface area contributed by atoms with Crippen LogP contribution in [-0.2, 0) is 22.6 Å². The van der Waals surface area contributed by atoms with E-state index in [2.05, 4.69) is 18.4 Å². The van der Waals surface area contributed by atoms with E-state index in [9.17, 15) is 9.59 Å². The van der Waals surface area contributed by atoms with Crippen molar-refractivity contribution >= 4 is 46.6 Å². The molecule has 0 unspecified atom stereocenters. The van der Waals surface area contributed by atoms with Crippen molar-refractivity contribution in [3.8, 4) is 0 Å². The van der Waals surface area contributed by atoms with Gasteiger partial charge in [-0.3, -0.25) is 9.59 Å². The summed E-state index contributed by atoms with van der Waals surface area (Å²) in [6.07, 6.45) is 1.98. The normalized spacial score (nSPS) is 11.1. The van der Waals surface area contributed by atoms with Crippen molar-refractivity contribution in [2.45, 2.75) is 26.9 Å². The van der Waals surface area contributed by atoms with E-state index in [1.54, 1.807) is 24.1 Å². The molecule has 0 aliphatic carbocycles. The zero-order valence-corrected chi connectivity index (χ0v) is 23.6. The molecule has 0 bridgehead atoms. The summed E-state index contributed by atoms with van der Waals surface area (Å²) in [6, 6.07) is 16.4. The average Bonchev–Trinajstić information content (AvgIpc) is 3.28. The van der Waals surface area contributed by atoms with Crippen molar-refractivity contribution in [3.05, 3.63) is 92.7 Å². The molecule has 0 aliphatic rings. The largest absolute Gasteiger partial charge is 0.383 e. The number of ether oxygens (including phenoxy) is 1. The third kappa shape index (κ3) is 8.24. The summed E-state index contributed by atoms with van der Waals surface area (Å²) in [6.45, 7) is 6.10. The number of carbonyl (C=O) groups is 2. The van der Waals surface area contributed by atoms with Crippen molar-refractivity contribution in [1.82, 2.24) is 14.4 Å². The van der Waals surface area contributed by atoms with Gasteiger partial charge in [0.2, 0.25) is 5.91 Å². The summed E-state index contributed by atoms with van der Waals surface area (Å²) < 4.78 is 7.28. The monoisotopic (exact) mass is 563 g/mol. The van der Waals surface area contributed by atoms with Crippen LogP contribution in [0, 0.1) is 5.92 Å². The number of carbonyl (C=O) groups excluding carboxylic acids is 2. The maximum absolute atomic E-state index is 13.6. The lowest BCUT2D eigenvalue weighted by atomic mass is 10.1. The molecule has 2 amide bonds. The van der Waals surface area contributed by atoms with E-state index in [4.69, 9.17) is 39.5 Å². The zero-order chi connectivity index (χ0) is 26.9. The third-order valence-corrected chi connectivity index (χ3v) is 6.77. The Balaban J connectivity index is 1.80. The molecule has 198 valence electrons. The van der Waals surface area contributed by atoms with Crippen LogP contribution in [0.3, 0.4) is 0 Å². The number of halogens is 3. The van der Waals surface area contributed by atoms with Gasteiger partial charge in [0.15, 0.2) is 0 Å². The highest BCUT2D eigenvalue weighted by Gasteiger charge is 2.25. The van der Waals surface area contributed by atoms with Crippen LogP contribution >= 0.6 is 34.8 Å². The Bertz CT molecular complexity index is 1210. The van der Waals surface area contributed by atoms with Gasteiger partial charge in [0, 0.05) is 48.7 Å². The first-order chi connectivity index (χ1) is 17.7. The minimum atomic E-state index is -0.348. The van der Waals surface area contributed by atoms with Gasteiger partial charge < -0.3 is 19.1 Å². The Morgan fingerprint density at radius 1 is 0.973 bits per heavy atom. The Labute approximate surface area is 233 Å². The van der Waals surface area contributed by atoms with E-state index in [0.717, 1.165) is 11.3 Å². The molecule has 0 atom stereocenters. The fourth-order valence-electron chi connectivity index (χ4n) is 4.00. The van der Waals surface area contributed by atoms with E-state index in [0.29, 0.717) is 35.2 Å². The Morgan fingerprint density at radius 2 is 1.73 bits per heavy atom. The summed E-state index contributed by atoms with van der Waals surface area (Å²) in [4.78, 5) is 30.2.